The maximum Gasteiger partial charge on any atom is 0.233 e. The molecule has 0 radical (unpaired) electrons. The number of hydrogen-bond acceptors (Lipinski definition) is 6. The largest absolute Gasteiger partial charge is 0.378 e. The summed E-state index contributed by atoms with van der Waals surface area (Å²) < 4.78 is 7.68. The van der Waals surface area contributed by atoms with Gasteiger partial charge in [-0.05, 0) is 81.8 Å². The van der Waals surface area contributed by atoms with Crippen molar-refractivity contribution in [3.05, 3.63) is 29.8 Å². The van der Waals surface area contributed by atoms with Gasteiger partial charge in [-0.15, -0.1) is 10.2 Å². The third kappa shape index (κ3) is 4.13. The molecular weight excluding hydrogens is 446 g/mol. The van der Waals surface area contributed by atoms with Crippen LogP contribution in [0.25, 0.3) is 5.69 Å². The zero-order valence-corrected chi connectivity index (χ0v) is 21.0. The number of carbonyl (C=O) groups is 1. The van der Waals surface area contributed by atoms with Crippen LogP contribution in [0.3, 0.4) is 0 Å². The number of para-hydroxylation sites is 1. The Kier molecular flexibility index (Phi) is 5.84. The van der Waals surface area contributed by atoms with E-state index in [-0.39, 0.29) is 16.7 Å². The van der Waals surface area contributed by atoms with E-state index in [1.165, 1.54) is 50.3 Å². The predicted molar refractivity (Wildman–Crippen MR) is 133 cm³/mol. The van der Waals surface area contributed by atoms with E-state index in [1.54, 1.807) is 0 Å². The highest BCUT2D eigenvalue weighted by molar-refractivity contribution is 8.00. The molecule has 1 saturated heterocycles. The Morgan fingerprint density at radius 1 is 1.09 bits per heavy atom. The van der Waals surface area contributed by atoms with Crippen LogP contribution in [0, 0.1) is 24.7 Å². The summed E-state index contributed by atoms with van der Waals surface area (Å²) in [5.74, 6) is 3.41. The first-order chi connectivity index (χ1) is 16.5. The van der Waals surface area contributed by atoms with Crippen LogP contribution < -0.4 is 10.2 Å². The molecule has 0 spiro atoms. The van der Waals surface area contributed by atoms with Crippen LogP contribution in [-0.4, -0.2) is 57.8 Å². The van der Waals surface area contributed by atoms with Gasteiger partial charge < -0.3 is 15.0 Å². The van der Waals surface area contributed by atoms with E-state index in [1.807, 2.05) is 19.1 Å². The number of carbonyl (C=O) groups excluding carboxylic acids is 1. The minimum atomic E-state index is -0.238. The van der Waals surface area contributed by atoms with Gasteiger partial charge in [-0.25, -0.2) is 0 Å². The molecule has 1 aromatic heterocycles. The van der Waals surface area contributed by atoms with Gasteiger partial charge in [0.2, 0.25) is 11.9 Å². The molecular formula is C26H35N5O2S. The van der Waals surface area contributed by atoms with E-state index in [0.29, 0.717) is 13.2 Å². The molecule has 7 rings (SSSR count). The Morgan fingerprint density at radius 3 is 2.38 bits per heavy atom. The van der Waals surface area contributed by atoms with Crippen LogP contribution in [0.2, 0.25) is 0 Å². The minimum absolute atomic E-state index is 0.0311. The normalized spacial score (nSPS) is 31.0. The smallest absolute Gasteiger partial charge is 0.233 e. The van der Waals surface area contributed by atoms with Crippen LogP contribution in [-0.2, 0) is 9.53 Å². The third-order valence-corrected chi connectivity index (χ3v) is 9.39. The lowest BCUT2D eigenvalue weighted by molar-refractivity contribution is -0.126. The number of thioether (sulfide) groups is 1. The topological polar surface area (TPSA) is 72.3 Å². The van der Waals surface area contributed by atoms with E-state index in [2.05, 4.69) is 44.0 Å². The van der Waals surface area contributed by atoms with Crippen LogP contribution >= 0.6 is 11.8 Å². The van der Waals surface area contributed by atoms with Gasteiger partial charge in [0, 0.05) is 18.6 Å². The Hall–Kier alpha value is -2.06. The molecule has 1 N–H and O–H groups in total. The average Bonchev–Trinajstić information content (AvgIpc) is 3.22. The predicted octanol–water partition coefficient (Wildman–Crippen LogP) is 3.98. The van der Waals surface area contributed by atoms with Gasteiger partial charge in [0.25, 0.3) is 0 Å². The number of hydrogen-bond donors (Lipinski definition) is 1. The molecule has 2 aromatic rings. The van der Waals surface area contributed by atoms with E-state index >= 15 is 0 Å². The maximum atomic E-state index is 13.4. The summed E-state index contributed by atoms with van der Waals surface area (Å²) in [7, 11) is 0. The first kappa shape index (κ1) is 22.4. The highest BCUT2D eigenvalue weighted by atomic mass is 32.2. The summed E-state index contributed by atoms with van der Waals surface area (Å²) in [5.41, 5.74) is 2.25. The molecule has 4 saturated carbocycles. The second-order valence-corrected chi connectivity index (χ2v) is 12.3. The fourth-order valence-electron chi connectivity index (χ4n) is 7.17. The standard InChI is InChI=1S/C26H35N5O2S/c1-17-5-3-4-6-22(17)31-24(30-7-9-33-10-8-30)28-29-25(31)34-18(2)23(32)27-26-14-19-11-20(15-26)13-21(12-19)16-26/h3-6,18-21H,7-16H2,1-2H3,(H,27,32). The van der Waals surface area contributed by atoms with Gasteiger partial charge in [-0.3, -0.25) is 9.36 Å². The number of rotatable bonds is 6. The minimum Gasteiger partial charge on any atom is -0.378 e. The lowest BCUT2D eigenvalue weighted by atomic mass is 9.53. The number of benzene rings is 1. The third-order valence-electron chi connectivity index (χ3n) is 8.34. The van der Waals surface area contributed by atoms with Gasteiger partial charge in [0.15, 0.2) is 5.16 Å². The van der Waals surface area contributed by atoms with Crippen LogP contribution in [0.4, 0.5) is 5.95 Å². The molecule has 1 aromatic carbocycles. The van der Waals surface area contributed by atoms with Crippen molar-refractivity contribution in [1.82, 2.24) is 20.1 Å². The number of anilines is 1. The molecule has 1 aliphatic heterocycles. The van der Waals surface area contributed by atoms with Gasteiger partial charge in [0.05, 0.1) is 24.2 Å². The number of ether oxygens (including phenoxy) is 1. The Labute approximate surface area is 206 Å². The highest BCUT2D eigenvalue weighted by Crippen LogP contribution is 2.55. The van der Waals surface area contributed by atoms with E-state index in [0.717, 1.165) is 53.2 Å². The van der Waals surface area contributed by atoms with E-state index < -0.39 is 0 Å². The van der Waals surface area contributed by atoms with Crippen LogP contribution in [0.1, 0.15) is 51.0 Å². The summed E-state index contributed by atoms with van der Waals surface area (Å²) >= 11 is 1.51. The maximum absolute atomic E-state index is 13.4. The number of morpholine rings is 1. The summed E-state index contributed by atoms with van der Waals surface area (Å²) in [4.78, 5) is 15.7. The van der Waals surface area contributed by atoms with Crippen molar-refractivity contribution in [2.75, 3.05) is 31.2 Å². The Bertz CT molecular complexity index is 1030. The zero-order chi connectivity index (χ0) is 23.3. The molecule has 34 heavy (non-hydrogen) atoms. The molecule has 8 heteroatoms. The number of nitrogens with zero attached hydrogens (tertiary/aromatic N) is 4. The Morgan fingerprint density at radius 2 is 1.74 bits per heavy atom. The molecule has 4 aliphatic carbocycles. The molecule has 1 amide bonds. The van der Waals surface area contributed by atoms with Crippen molar-refractivity contribution in [2.24, 2.45) is 17.8 Å². The summed E-state index contributed by atoms with van der Waals surface area (Å²) in [6, 6.07) is 8.30. The van der Waals surface area contributed by atoms with Crippen LogP contribution in [0.5, 0.6) is 0 Å². The molecule has 2 heterocycles. The van der Waals surface area contributed by atoms with Crippen molar-refractivity contribution in [3.63, 3.8) is 0 Å². The van der Waals surface area contributed by atoms with Gasteiger partial charge >= 0.3 is 0 Å². The molecule has 7 nitrogen and oxygen atoms in total. The second-order valence-electron chi connectivity index (χ2n) is 11.0. The fraction of sp³-hybridized carbons (Fsp3) is 0.654. The summed E-state index contributed by atoms with van der Waals surface area (Å²) in [6.07, 6.45) is 7.64. The first-order valence-corrected chi connectivity index (χ1v) is 13.7. The van der Waals surface area contributed by atoms with Crippen molar-refractivity contribution >= 4 is 23.6 Å². The fourth-order valence-corrected chi connectivity index (χ4v) is 8.03. The van der Waals surface area contributed by atoms with Crippen LogP contribution in [0.15, 0.2) is 29.4 Å². The SMILES string of the molecule is Cc1ccccc1-n1c(SC(C)C(=O)NC23CC4CC(CC(C4)C2)C3)nnc1N1CCOCC1. The monoisotopic (exact) mass is 481 g/mol. The second kappa shape index (κ2) is 8.86. The number of nitrogens with one attached hydrogen (secondary N) is 1. The van der Waals surface area contributed by atoms with E-state index in [4.69, 9.17) is 4.74 Å². The van der Waals surface area contributed by atoms with Gasteiger partial charge in [0.1, 0.15) is 0 Å². The molecule has 182 valence electrons. The quantitative estimate of drug-likeness (QED) is 0.630. The van der Waals surface area contributed by atoms with Crippen molar-refractivity contribution in [2.45, 2.75) is 68.3 Å². The van der Waals surface area contributed by atoms with Crippen molar-refractivity contribution in [1.29, 1.82) is 0 Å². The average molecular weight is 482 g/mol. The van der Waals surface area contributed by atoms with Crippen molar-refractivity contribution < 1.29 is 9.53 Å². The lowest BCUT2D eigenvalue weighted by Gasteiger charge is -2.57. The summed E-state index contributed by atoms with van der Waals surface area (Å²) in [5, 5.41) is 13.2. The molecule has 5 aliphatic rings. The molecule has 4 bridgehead atoms. The summed E-state index contributed by atoms with van der Waals surface area (Å²) in [6.45, 7) is 7.06. The number of aromatic nitrogens is 3. The Balaban J connectivity index is 1.24. The van der Waals surface area contributed by atoms with E-state index in [9.17, 15) is 4.79 Å². The molecule has 1 unspecified atom stereocenters. The molecule has 5 fully saturated rings. The van der Waals surface area contributed by atoms with Gasteiger partial charge in [-0.2, -0.15) is 0 Å². The highest BCUT2D eigenvalue weighted by Gasteiger charge is 2.51. The van der Waals surface area contributed by atoms with Gasteiger partial charge in [-0.1, -0.05) is 30.0 Å². The number of aryl methyl sites for hydroxylation is 1. The zero-order valence-electron chi connectivity index (χ0n) is 20.2. The number of amides is 1. The lowest BCUT2D eigenvalue weighted by Crippen LogP contribution is -2.60. The first-order valence-electron chi connectivity index (χ1n) is 12.8. The van der Waals surface area contributed by atoms with Crippen molar-refractivity contribution in [3.8, 4) is 5.69 Å². The molecule has 1 atom stereocenters.